The molecule has 0 saturated heterocycles. The van der Waals surface area contributed by atoms with Crippen LogP contribution in [0.3, 0.4) is 0 Å². The summed E-state index contributed by atoms with van der Waals surface area (Å²) in [6.07, 6.45) is 3.02. The Morgan fingerprint density at radius 3 is 2.85 bits per heavy atom. The van der Waals surface area contributed by atoms with Crippen molar-refractivity contribution in [2.45, 2.75) is 38.8 Å². The van der Waals surface area contributed by atoms with Crippen molar-refractivity contribution < 1.29 is 5.11 Å². The fraction of sp³-hybridized carbons (Fsp3) is 0.400. The summed E-state index contributed by atoms with van der Waals surface area (Å²) >= 11 is 5.75. The fourth-order valence-electron chi connectivity index (χ4n) is 2.00. The third kappa shape index (κ3) is 3.83. The maximum absolute atomic E-state index is 10.4. The first-order valence-electron chi connectivity index (χ1n) is 6.68. The van der Waals surface area contributed by atoms with E-state index in [1.54, 1.807) is 0 Å². The van der Waals surface area contributed by atoms with E-state index in [4.69, 9.17) is 0 Å². The highest BCUT2D eigenvalue weighted by molar-refractivity contribution is 14.1. The van der Waals surface area contributed by atoms with Crippen LogP contribution in [-0.2, 0) is 6.42 Å². The van der Waals surface area contributed by atoms with Gasteiger partial charge >= 0.3 is 0 Å². The van der Waals surface area contributed by atoms with Crippen LogP contribution in [0.5, 0.6) is 0 Å². The molecule has 3 nitrogen and oxygen atoms in total. The van der Waals surface area contributed by atoms with E-state index in [9.17, 15) is 5.11 Å². The second kappa shape index (κ2) is 7.04. The third-order valence-electron chi connectivity index (χ3n) is 3.43. The smallest absolute Gasteiger partial charge is 0.0857 e. The number of hydrogen-bond donors (Lipinski definition) is 1. The van der Waals surface area contributed by atoms with Crippen LogP contribution in [0, 0.1) is 3.57 Å². The molecule has 0 radical (unpaired) electrons. The topological polar surface area (TPSA) is 38.0 Å². The summed E-state index contributed by atoms with van der Waals surface area (Å²) < 4.78 is 4.02. The summed E-state index contributed by atoms with van der Waals surface area (Å²) in [5.41, 5.74) is 1.83. The van der Waals surface area contributed by atoms with Crippen LogP contribution >= 0.6 is 38.5 Å². The lowest BCUT2D eigenvalue weighted by Gasteiger charge is -2.12. The van der Waals surface area contributed by atoms with Gasteiger partial charge in [-0.05, 0) is 65.8 Å². The summed E-state index contributed by atoms with van der Waals surface area (Å²) in [5.74, 6) is 0. The average molecular weight is 449 g/mol. The van der Waals surface area contributed by atoms with Gasteiger partial charge in [-0.3, -0.25) is 4.68 Å². The Kier molecular flexibility index (Phi) is 5.63. The molecule has 5 heteroatoms. The van der Waals surface area contributed by atoms with Crippen molar-refractivity contribution in [3.63, 3.8) is 0 Å². The highest BCUT2D eigenvalue weighted by Crippen LogP contribution is 2.27. The fourth-order valence-corrected chi connectivity index (χ4v) is 3.02. The van der Waals surface area contributed by atoms with Crippen LogP contribution in [0.2, 0.25) is 0 Å². The molecule has 0 saturated carbocycles. The highest BCUT2D eigenvalue weighted by Gasteiger charge is 2.15. The molecule has 1 N–H and O–H groups in total. The van der Waals surface area contributed by atoms with Gasteiger partial charge in [0.1, 0.15) is 0 Å². The van der Waals surface area contributed by atoms with Crippen LogP contribution in [0.25, 0.3) is 0 Å². The molecule has 0 spiro atoms. The molecule has 2 aromatic rings. The lowest BCUT2D eigenvalue weighted by molar-refractivity contribution is 0.176. The van der Waals surface area contributed by atoms with Crippen LogP contribution < -0.4 is 0 Å². The van der Waals surface area contributed by atoms with Gasteiger partial charge in [-0.15, -0.1) is 0 Å². The molecule has 0 aliphatic heterocycles. The van der Waals surface area contributed by atoms with Gasteiger partial charge in [0.15, 0.2) is 0 Å². The molecule has 0 aliphatic rings. The number of halogens is 2. The Morgan fingerprint density at radius 1 is 1.40 bits per heavy atom. The maximum Gasteiger partial charge on any atom is 0.0857 e. The van der Waals surface area contributed by atoms with Crippen molar-refractivity contribution in [3.05, 3.63) is 49.8 Å². The van der Waals surface area contributed by atoms with E-state index in [-0.39, 0.29) is 0 Å². The lowest BCUT2D eigenvalue weighted by Crippen LogP contribution is -2.07. The van der Waals surface area contributed by atoms with E-state index in [1.165, 1.54) is 0 Å². The highest BCUT2D eigenvalue weighted by atomic mass is 127. The zero-order valence-electron chi connectivity index (χ0n) is 11.6. The number of hydrogen-bond acceptors (Lipinski definition) is 2. The van der Waals surface area contributed by atoms with Gasteiger partial charge in [0.25, 0.3) is 0 Å². The summed E-state index contributed by atoms with van der Waals surface area (Å²) in [7, 11) is 0. The van der Waals surface area contributed by atoms with Crippen molar-refractivity contribution in [1.29, 1.82) is 0 Å². The van der Waals surface area contributed by atoms with Gasteiger partial charge in [-0.25, -0.2) is 0 Å². The summed E-state index contributed by atoms with van der Waals surface area (Å²) in [6, 6.07) is 8.36. The third-order valence-corrected chi connectivity index (χ3v) is 4.82. The molecule has 0 amide bonds. The molecule has 1 aromatic carbocycles. The second-order valence-electron chi connectivity index (χ2n) is 4.93. The number of rotatable bonds is 5. The van der Waals surface area contributed by atoms with Crippen molar-refractivity contribution in [1.82, 2.24) is 9.78 Å². The van der Waals surface area contributed by atoms with Crippen LogP contribution in [0.1, 0.15) is 43.7 Å². The molecule has 2 rings (SSSR count). The predicted molar refractivity (Wildman–Crippen MR) is 92.8 cm³/mol. The van der Waals surface area contributed by atoms with Crippen molar-refractivity contribution in [2.75, 3.05) is 0 Å². The molecule has 1 heterocycles. The molecule has 2 atom stereocenters. The number of aliphatic hydroxyl groups excluding tert-OH is 1. The monoisotopic (exact) mass is 448 g/mol. The second-order valence-corrected chi connectivity index (χ2v) is 7.03. The Morgan fingerprint density at radius 2 is 2.15 bits per heavy atom. The minimum absolute atomic E-state index is 0.394. The van der Waals surface area contributed by atoms with Gasteiger partial charge in [0, 0.05) is 26.7 Å². The van der Waals surface area contributed by atoms with Crippen molar-refractivity contribution in [2.24, 2.45) is 0 Å². The normalized spacial score (nSPS) is 14.2. The number of nitrogens with zero attached hydrogens (tertiary/aromatic N) is 2. The minimum atomic E-state index is -0.542. The Hall–Kier alpha value is -0.400. The molecule has 108 valence electrons. The van der Waals surface area contributed by atoms with E-state index in [0.29, 0.717) is 12.5 Å². The van der Waals surface area contributed by atoms with Gasteiger partial charge in [-0.2, -0.15) is 5.10 Å². The summed E-state index contributed by atoms with van der Waals surface area (Å²) in [6.45, 7) is 4.28. The zero-order chi connectivity index (χ0) is 14.7. The molecule has 0 bridgehead atoms. The first-order valence-corrected chi connectivity index (χ1v) is 8.55. The van der Waals surface area contributed by atoms with Gasteiger partial charge in [0.05, 0.1) is 11.8 Å². The van der Waals surface area contributed by atoms with Gasteiger partial charge in [0.2, 0.25) is 0 Å². The van der Waals surface area contributed by atoms with Crippen LogP contribution in [-0.4, -0.2) is 14.9 Å². The first-order chi connectivity index (χ1) is 9.51. The molecule has 0 fully saturated rings. The average Bonchev–Trinajstić information content (AvgIpc) is 2.89. The Balaban J connectivity index is 2.13. The molecule has 0 aliphatic carbocycles. The Bertz CT molecular complexity index is 585. The Labute approximate surface area is 141 Å². The lowest BCUT2D eigenvalue weighted by atomic mass is 10.1. The molecular weight excluding hydrogens is 431 g/mol. The number of benzene rings is 1. The molecular formula is C15H18BrIN2O. The minimum Gasteiger partial charge on any atom is -0.388 e. The van der Waals surface area contributed by atoms with Crippen LogP contribution in [0.15, 0.2) is 34.9 Å². The van der Waals surface area contributed by atoms with Crippen molar-refractivity contribution in [3.8, 4) is 0 Å². The zero-order valence-corrected chi connectivity index (χ0v) is 15.3. The quantitative estimate of drug-likeness (QED) is 0.684. The van der Waals surface area contributed by atoms with E-state index in [0.717, 1.165) is 25.7 Å². The largest absolute Gasteiger partial charge is 0.388 e. The summed E-state index contributed by atoms with van der Waals surface area (Å²) in [4.78, 5) is 0. The molecule has 1 aromatic heterocycles. The van der Waals surface area contributed by atoms with Gasteiger partial charge < -0.3 is 5.11 Å². The van der Waals surface area contributed by atoms with E-state index >= 15 is 0 Å². The van der Waals surface area contributed by atoms with Gasteiger partial charge in [-0.1, -0.05) is 22.9 Å². The number of aromatic nitrogens is 2. The maximum atomic E-state index is 10.4. The SMILES string of the molecule is CCC(C)n1ccc(CC(O)c2cc(I)ccc2Br)n1. The van der Waals surface area contributed by atoms with E-state index in [1.807, 2.05) is 35.1 Å². The van der Waals surface area contributed by atoms with E-state index in [2.05, 4.69) is 57.5 Å². The molecule has 20 heavy (non-hydrogen) atoms. The summed E-state index contributed by atoms with van der Waals surface area (Å²) in [5, 5.41) is 14.9. The predicted octanol–water partition coefficient (Wildman–Crippen LogP) is 4.50. The van der Waals surface area contributed by atoms with E-state index < -0.39 is 6.10 Å². The standard InChI is InChI=1S/C15H18BrIN2O/c1-3-10(2)19-7-6-12(18-19)9-15(20)13-8-11(17)4-5-14(13)16/h4-8,10,15,20H,3,9H2,1-2H3. The molecule has 2 unspecified atom stereocenters. The first kappa shape index (κ1) is 16.0. The van der Waals surface area contributed by atoms with Crippen molar-refractivity contribution >= 4 is 38.5 Å². The van der Waals surface area contributed by atoms with Crippen LogP contribution in [0.4, 0.5) is 0 Å². The number of aliphatic hydroxyl groups is 1.